The van der Waals surface area contributed by atoms with Gasteiger partial charge in [-0.15, -0.1) is 24.0 Å². The Labute approximate surface area is 194 Å². The Hall–Kier alpha value is -0.770. The second-order valence-electron chi connectivity index (χ2n) is 9.07. The van der Waals surface area contributed by atoms with Crippen LogP contribution in [0.5, 0.6) is 0 Å². The number of nitrogens with zero attached hydrogens (tertiary/aromatic N) is 2. The van der Waals surface area contributed by atoms with E-state index < -0.39 is 5.60 Å². The van der Waals surface area contributed by atoms with Crippen molar-refractivity contribution in [2.24, 2.45) is 10.4 Å². The summed E-state index contributed by atoms with van der Waals surface area (Å²) in [6.45, 7) is 12.8. The number of amides is 1. The molecule has 0 aromatic heterocycles. The van der Waals surface area contributed by atoms with Gasteiger partial charge in [0.05, 0.1) is 0 Å². The number of nitrogens with one attached hydrogen (secondary N) is 2. The summed E-state index contributed by atoms with van der Waals surface area (Å²) in [6, 6.07) is 0.103. The number of rotatable bonds is 10. The van der Waals surface area contributed by atoms with Crippen molar-refractivity contribution in [2.75, 3.05) is 40.4 Å². The molecular formula is C21H43IN4O3. The van der Waals surface area contributed by atoms with Gasteiger partial charge in [0.1, 0.15) is 5.60 Å². The van der Waals surface area contributed by atoms with Crippen molar-refractivity contribution in [2.45, 2.75) is 78.4 Å². The molecule has 1 saturated carbocycles. The van der Waals surface area contributed by atoms with Crippen molar-refractivity contribution in [3.05, 3.63) is 0 Å². The van der Waals surface area contributed by atoms with Gasteiger partial charge in [-0.3, -0.25) is 4.99 Å². The molecule has 2 N–H and O–H groups in total. The van der Waals surface area contributed by atoms with Crippen LogP contribution in [0.2, 0.25) is 0 Å². The summed E-state index contributed by atoms with van der Waals surface area (Å²) in [4.78, 5) is 18.5. The quantitative estimate of drug-likeness (QED) is 0.195. The number of hydrogen-bond donors (Lipinski definition) is 2. The minimum atomic E-state index is -0.477. The highest BCUT2D eigenvalue weighted by Gasteiger charge is 2.36. The monoisotopic (exact) mass is 526 g/mol. The molecule has 1 aliphatic carbocycles. The summed E-state index contributed by atoms with van der Waals surface area (Å²) in [6.07, 6.45) is 5.46. The fraction of sp³-hybridized carbons (Fsp3) is 0.905. The molecule has 7 nitrogen and oxygen atoms in total. The zero-order chi connectivity index (χ0) is 21.2. The second kappa shape index (κ2) is 13.5. The Bertz CT molecular complexity index is 503. The molecule has 0 bridgehead atoms. The predicted molar refractivity (Wildman–Crippen MR) is 130 cm³/mol. The van der Waals surface area contributed by atoms with Crippen LogP contribution in [0.25, 0.3) is 0 Å². The summed E-state index contributed by atoms with van der Waals surface area (Å²) in [5, 5.41) is 6.82. The summed E-state index contributed by atoms with van der Waals surface area (Å²) >= 11 is 0. The molecule has 0 aromatic rings. The smallest absolute Gasteiger partial charge is 0.410 e. The van der Waals surface area contributed by atoms with Gasteiger partial charge in [-0.1, -0.05) is 6.42 Å². The summed E-state index contributed by atoms with van der Waals surface area (Å²) in [7, 11) is 3.55. The van der Waals surface area contributed by atoms with Crippen molar-refractivity contribution in [1.29, 1.82) is 0 Å². The van der Waals surface area contributed by atoms with E-state index in [-0.39, 0.29) is 36.1 Å². The van der Waals surface area contributed by atoms with Gasteiger partial charge in [0.25, 0.3) is 0 Å². The van der Waals surface area contributed by atoms with Gasteiger partial charge < -0.3 is 25.0 Å². The number of carbonyl (C=O) groups excluding carboxylic acids is 1. The molecule has 0 radical (unpaired) electrons. The van der Waals surface area contributed by atoms with Crippen molar-refractivity contribution in [3.8, 4) is 0 Å². The third kappa shape index (κ3) is 10.7. The molecular weight excluding hydrogens is 483 g/mol. The lowest BCUT2D eigenvalue weighted by molar-refractivity contribution is 0.0190. The predicted octanol–water partition coefficient (Wildman–Crippen LogP) is 4.01. The van der Waals surface area contributed by atoms with Crippen LogP contribution in [0, 0.1) is 5.41 Å². The molecule has 1 rings (SSSR count). The normalized spacial score (nSPS) is 15.9. The topological polar surface area (TPSA) is 75.2 Å². The fourth-order valence-corrected chi connectivity index (χ4v) is 3.34. The summed E-state index contributed by atoms with van der Waals surface area (Å²) in [5.74, 6) is 0.817. The maximum absolute atomic E-state index is 12.4. The zero-order valence-corrected chi connectivity index (χ0v) is 21.8. The maximum atomic E-state index is 12.4. The molecule has 0 unspecified atom stereocenters. The van der Waals surface area contributed by atoms with Crippen LogP contribution in [-0.4, -0.2) is 69.0 Å². The van der Waals surface area contributed by atoms with E-state index in [0.29, 0.717) is 12.0 Å². The lowest BCUT2D eigenvalue weighted by atomic mass is 9.67. The van der Waals surface area contributed by atoms with Crippen molar-refractivity contribution in [3.63, 3.8) is 0 Å². The van der Waals surface area contributed by atoms with Crippen molar-refractivity contribution in [1.82, 2.24) is 15.5 Å². The average molecular weight is 527 g/mol. The van der Waals surface area contributed by atoms with Crippen LogP contribution in [0.1, 0.15) is 66.7 Å². The second-order valence-corrected chi connectivity index (χ2v) is 9.07. The summed E-state index contributed by atoms with van der Waals surface area (Å²) < 4.78 is 10.8. The molecule has 1 amide bonds. The van der Waals surface area contributed by atoms with Gasteiger partial charge in [0, 0.05) is 46.4 Å². The first-order valence-corrected chi connectivity index (χ1v) is 10.6. The van der Waals surface area contributed by atoms with Crippen LogP contribution < -0.4 is 10.6 Å². The molecule has 172 valence electrons. The van der Waals surface area contributed by atoms with Crippen molar-refractivity contribution >= 4 is 36.0 Å². The van der Waals surface area contributed by atoms with Gasteiger partial charge in [-0.2, -0.15) is 0 Å². The molecule has 0 aromatic carbocycles. The standard InChI is InChI=1S/C21H42N4O3.HI/c1-17(2)25(19(26)28-20(3,4)5)14-9-13-23-18(22-6)24-16-21(10-8-11-21)12-15-27-7;/h17H,8-16H2,1-7H3,(H2,22,23,24);1H. The highest BCUT2D eigenvalue weighted by Crippen LogP contribution is 2.43. The number of methoxy groups -OCH3 is 1. The molecule has 1 fully saturated rings. The van der Waals surface area contributed by atoms with E-state index in [1.54, 1.807) is 19.1 Å². The van der Waals surface area contributed by atoms with E-state index in [2.05, 4.69) is 15.6 Å². The maximum Gasteiger partial charge on any atom is 0.410 e. The first-order chi connectivity index (χ1) is 13.1. The molecule has 1 aliphatic rings. The van der Waals surface area contributed by atoms with E-state index in [9.17, 15) is 4.79 Å². The van der Waals surface area contributed by atoms with E-state index in [4.69, 9.17) is 9.47 Å². The number of guanidine groups is 1. The largest absolute Gasteiger partial charge is 0.444 e. The number of hydrogen-bond acceptors (Lipinski definition) is 4. The average Bonchev–Trinajstić information content (AvgIpc) is 2.56. The minimum absolute atomic E-state index is 0. The Morgan fingerprint density at radius 2 is 1.90 bits per heavy atom. The molecule has 8 heteroatoms. The third-order valence-electron chi connectivity index (χ3n) is 5.22. The number of ether oxygens (including phenoxy) is 2. The Morgan fingerprint density at radius 3 is 2.34 bits per heavy atom. The van der Waals surface area contributed by atoms with Gasteiger partial charge in [0.15, 0.2) is 5.96 Å². The number of halogens is 1. The molecule has 0 atom stereocenters. The van der Waals surface area contributed by atoms with E-state index in [1.807, 2.05) is 34.6 Å². The summed E-state index contributed by atoms with van der Waals surface area (Å²) in [5.41, 5.74) is -0.131. The molecule has 0 aliphatic heterocycles. The van der Waals surface area contributed by atoms with Crippen LogP contribution in [0.15, 0.2) is 4.99 Å². The van der Waals surface area contributed by atoms with Crippen LogP contribution in [0.4, 0.5) is 4.79 Å². The Morgan fingerprint density at radius 1 is 1.24 bits per heavy atom. The highest BCUT2D eigenvalue weighted by molar-refractivity contribution is 14.0. The number of aliphatic imine (C=N–C) groups is 1. The molecule has 0 spiro atoms. The third-order valence-corrected chi connectivity index (χ3v) is 5.22. The minimum Gasteiger partial charge on any atom is -0.444 e. The lowest BCUT2D eigenvalue weighted by Gasteiger charge is -2.42. The fourth-order valence-electron chi connectivity index (χ4n) is 3.34. The molecule has 29 heavy (non-hydrogen) atoms. The zero-order valence-electron chi connectivity index (χ0n) is 19.5. The Kier molecular flexibility index (Phi) is 13.2. The lowest BCUT2D eigenvalue weighted by Crippen LogP contribution is -2.47. The van der Waals surface area contributed by atoms with Gasteiger partial charge in [-0.25, -0.2) is 4.79 Å². The van der Waals surface area contributed by atoms with E-state index >= 15 is 0 Å². The van der Waals surface area contributed by atoms with Gasteiger partial charge in [-0.05, 0) is 65.7 Å². The van der Waals surface area contributed by atoms with Gasteiger partial charge >= 0.3 is 6.09 Å². The number of carbonyl (C=O) groups is 1. The van der Waals surface area contributed by atoms with E-state index in [1.165, 1.54) is 19.3 Å². The SMILES string of the molecule is CN=C(NCCCN(C(=O)OC(C)(C)C)C(C)C)NCC1(CCOC)CCC1.I. The highest BCUT2D eigenvalue weighted by atomic mass is 127. The first kappa shape index (κ1) is 28.2. The van der Waals surface area contributed by atoms with Gasteiger partial charge in [0.2, 0.25) is 0 Å². The van der Waals surface area contributed by atoms with Crippen molar-refractivity contribution < 1.29 is 14.3 Å². The molecule has 0 heterocycles. The van der Waals surface area contributed by atoms with E-state index in [0.717, 1.165) is 38.5 Å². The first-order valence-electron chi connectivity index (χ1n) is 10.6. The molecule has 0 saturated heterocycles. The van der Waals surface area contributed by atoms with Crippen LogP contribution >= 0.6 is 24.0 Å². The van der Waals surface area contributed by atoms with Crippen LogP contribution in [-0.2, 0) is 9.47 Å². The Balaban J connectivity index is 0.00000784. The van der Waals surface area contributed by atoms with Crippen LogP contribution in [0.3, 0.4) is 0 Å².